The molecule has 0 radical (unpaired) electrons. The van der Waals surface area contributed by atoms with Gasteiger partial charge < -0.3 is 0 Å². The molecule has 0 aliphatic rings. The van der Waals surface area contributed by atoms with Crippen LogP contribution in [0.25, 0.3) is 0 Å². The summed E-state index contributed by atoms with van der Waals surface area (Å²) in [6.07, 6.45) is 1.94. The van der Waals surface area contributed by atoms with Crippen molar-refractivity contribution >= 4 is 0 Å². The molecule has 2 unspecified atom stereocenters. The predicted octanol–water partition coefficient (Wildman–Crippen LogP) is 2.46. The third-order valence-electron chi connectivity index (χ3n) is 2.31. The number of nitrogens with zero attached hydrogens (tertiary/aromatic N) is 1. The lowest BCUT2D eigenvalue weighted by molar-refractivity contribution is 0.253. The van der Waals surface area contributed by atoms with Crippen LogP contribution in [0.15, 0.2) is 24.8 Å². The minimum absolute atomic E-state index is 0.418. The van der Waals surface area contributed by atoms with Crippen molar-refractivity contribution in [2.45, 2.75) is 32.9 Å². The summed E-state index contributed by atoms with van der Waals surface area (Å²) in [5, 5.41) is 0. The molecule has 0 N–H and O–H groups in total. The van der Waals surface area contributed by atoms with E-state index >= 15 is 0 Å². The maximum absolute atomic E-state index is 3.92. The second-order valence-electron chi connectivity index (χ2n) is 3.16. The minimum Gasteiger partial charge on any atom is -0.294 e. The average molecular weight is 153 g/mol. The zero-order valence-corrected chi connectivity index (χ0v) is 8.09. The molecule has 0 aromatic rings. The van der Waals surface area contributed by atoms with E-state index in [1.54, 1.807) is 0 Å². The number of hydrogen-bond donors (Lipinski definition) is 0. The van der Waals surface area contributed by atoms with E-state index in [2.05, 4.69) is 45.9 Å². The van der Waals surface area contributed by atoms with Crippen molar-refractivity contribution in [2.75, 3.05) is 7.05 Å². The van der Waals surface area contributed by atoms with Gasteiger partial charge in [0.05, 0.1) is 0 Å². The Hall–Kier alpha value is -0.560. The summed E-state index contributed by atoms with van der Waals surface area (Å²) < 4.78 is 0. The zero-order valence-electron chi connectivity index (χ0n) is 8.09. The molecule has 0 spiro atoms. The van der Waals surface area contributed by atoms with Gasteiger partial charge in [0.1, 0.15) is 0 Å². The fourth-order valence-electron chi connectivity index (χ4n) is 0.867. The van der Waals surface area contributed by atoms with Crippen LogP contribution in [0.4, 0.5) is 0 Å². The molecular weight excluding hydrogens is 134 g/mol. The molecule has 1 nitrogen and oxygen atoms in total. The monoisotopic (exact) mass is 153 g/mol. The molecule has 1 heteroatoms. The molecule has 0 rings (SSSR count). The van der Waals surface area contributed by atoms with Gasteiger partial charge in [-0.2, -0.15) is 0 Å². The van der Waals surface area contributed by atoms with Crippen LogP contribution in [0.2, 0.25) is 0 Å². The summed E-state index contributed by atoms with van der Waals surface area (Å²) in [6.45, 7) is 14.0. The van der Waals surface area contributed by atoms with Crippen LogP contribution in [-0.4, -0.2) is 24.0 Å². The molecule has 64 valence electrons. The summed E-state index contributed by atoms with van der Waals surface area (Å²) in [6, 6.07) is 0.852. The summed E-state index contributed by atoms with van der Waals surface area (Å²) >= 11 is 0. The fraction of sp³-hybridized carbons (Fsp3) is 0.600. The summed E-state index contributed by atoms with van der Waals surface area (Å²) in [7, 11) is 2.09. The molecule has 0 saturated heterocycles. The van der Waals surface area contributed by atoms with Gasteiger partial charge in [-0.1, -0.05) is 18.2 Å². The van der Waals surface area contributed by atoms with E-state index in [0.29, 0.717) is 12.1 Å². The van der Waals surface area contributed by atoms with Gasteiger partial charge in [0, 0.05) is 12.1 Å². The van der Waals surface area contributed by atoms with Crippen LogP contribution in [0, 0.1) is 0 Å². The van der Waals surface area contributed by atoms with Gasteiger partial charge in [0.2, 0.25) is 0 Å². The van der Waals surface area contributed by atoms with E-state index in [4.69, 9.17) is 0 Å². The maximum atomic E-state index is 3.92. The van der Waals surface area contributed by atoms with Gasteiger partial charge in [-0.15, -0.1) is 6.58 Å². The van der Waals surface area contributed by atoms with Crippen LogP contribution >= 0.6 is 0 Å². The molecule has 0 saturated carbocycles. The Morgan fingerprint density at radius 2 is 1.91 bits per heavy atom. The van der Waals surface area contributed by atoms with Crippen LogP contribution < -0.4 is 0 Å². The van der Waals surface area contributed by atoms with E-state index in [1.165, 1.54) is 5.57 Å². The second-order valence-corrected chi connectivity index (χ2v) is 3.16. The summed E-state index contributed by atoms with van der Waals surface area (Å²) in [5.41, 5.74) is 1.20. The van der Waals surface area contributed by atoms with Crippen LogP contribution in [0.1, 0.15) is 20.8 Å². The topological polar surface area (TPSA) is 3.24 Å². The Kier molecular flexibility index (Phi) is 4.12. The van der Waals surface area contributed by atoms with E-state index in [9.17, 15) is 0 Å². The lowest BCUT2D eigenvalue weighted by atomic mass is 10.1. The SMILES string of the molecule is C=CC(C)N(C)C(C)C(=C)C. The summed E-state index contributed by atoms with van der Waals surface area (Å²) in [5.74, 6) is 0. The Morgan fingerprint density at radius 1 is 1.45 bits per heavy atom. The highest BCUT2D eigenvalue weighted by molar-refractivity contribution is 5.02. The average Bonchev–Trinajstić information content (AvgIpc) is 2.00. The lowest BCUT2D eigenvalue weighted by Gasteiger charge is -2.29. The van der Waals surface area contributed by atoms with E-state index < -0.39 is 0 Å². The Morgan fingerprint density at radius 3 is 2.18 bits per heavy atom. The number of hydrogen-bond acceptors (Lipinski definition) is 1. The van der Waals surface area contributed by atoms with Gasteiger partial charge in [-0.25, -0.2) is 0 Å². The van der Waals surface area contributed by atoms with Gasteiger partial charge in [-0.05, 0) is 27.8 Å². The first-order valence-electron chi connectivity index (χ1n) is 4.00. The van der Waals surface area contributed by atoms with Crippen molar-refractivity contribution in [1.29, 1.82) is 0 Å². The molecule has 0 aromatic carbocycles. The van der Waals surface area contributed by atoms with E-state index in [-0.39, 0.29) is 0 Å². The first-order valence-corrected chi connectivity index (χ1v) is 4.00. The van der Waals surface area contributed by atoms with Crippen molar-refractivity contribution in [1.82, 2.24) is 4.90 Å². The van der Waals surface area contributed by atoms with Crippen LogP contribution in [0.5, 0.6) is 0 Å². The standard InChI is InChI=1S/C10H19N/c1-7-9(4)11(6)10(5)8(2)3/h7,9-10H,1-2H2,3-6H3. The molecule has 11 heavy (non-hydrogen) atoms. The van der Waals surface area contributed by atoms with Crippen LogP contribution in [-0.2, 0) is 0 Å². The molecular formula is C10H19N. The van der Waals surface area contributed by atoms with Crippen molar-refractivity contribution < 1.29 is 0 Å². The maximum Gasteiger partial charge on any atom is 0.0276 e. The molecule has 0 aromatic heterocycles. The van der Waals surface area contributed by atoms with E-state index in [0.717, 1.165) is 0 Å². The lowest BCUT2D eigenvalue weighted by Crippen LogP contribution is -2.35. The smallest absolute Gasteiger partial charge is 0.0276 e. The molecule has 2 atom stereocenters. The highest BCUT2D eigenvalue weighted by Crippen LogP contribution is 2.09. The Balaban J connectivity index is 4.11. The first kappa shape index (κ1) is 10.4. The van der Waals surface area contributed by atoms with Crippen molar-refractivity contribution in [3.63, 3.8) is 0 Å². The van der Waals surface area contributed by atoms with Crippen LogP contribution in [0.3, 0.4) is 0 Å². The molecule has 0 aliphatic heterocycles. The van der Waals surface area contributed by atoms with Gasteiger partial charge >= 0.3 is 0 Å². The fourth-order valence-corrected chi connectivity index (χ4v) is 0.867. The second kappa shape index (κ2) is 4.35. The van der Waals surface area contributed by atoms with Crippen molar-refractivity contribution in [2.24, 2.45) is 0 Å². The number of rotatable bonds is 4. The minimum atomic E-state index is 0.418. The predicted molar refractivity (Wildman–Crippen MR) is 51.7 cm³/mol. The highest BCUT2D eigenvalue weighted by Gasteiger charge is 2.12. The van der Waals surface area contributed by atoms with Crippen molar-refractivity contribution in [3.8, 4) is 0 Å². The molecule has 0 heterocycles. The Labute approximate surface area is 70.4 Å². The van der Waals surface area contributed by atoms with E-state index in [1.807, 2.05) is 6.08 Å². The largest absolute Gasteiger partial charge is 0.294 e. The molecule has 0 bridgehead atoms. The molecule has 0 aliphatic carbocycles. The highest BCUT2D eigenvalue weighted by atomic mass is 15.1. The third-order valence-corrected chi connectivity index (χ3v) is 2.31. The third kappa shape index (κ3) is 2.89. The molecule has 0 fully saturated rings. The van der Waals surface area contributed by atoms with Gasteiger partial charge in [0.15, 0.2) is 0 Å². The first-order chi connectivity index (χ1) is 5.00. The quantitative estimate of drug-likeness (QED) is 0.561. The molecule has 0 amide bonds. The Bertz CT molecular complexity index is 149. The van der Waals surface area contributed by atoms with Gasteiger partial charge in [-0.3, -0.25) is 4.90 Å². The normalized spacial score (nSPS) is 16.1. The zero-order chi connectivity index (χ0) is 9.02. The van der Waals surface area contributed by atoms with Gasteiger partial charge in [0.25, 0.3) is 0 Å². The number of likely N-dealkylation sites (N-methyl/N-ethyl adjacent to an activating group) is 1. The van der Waals surface area contributed by atoms with Crippen molar-refractivity contribution in [3.05, 3.63) is 24.8 Å². The summed E-state index contributed by atoms with van der Waals surface area (Å²) in [4.78, 5) is 2.25.